The molecule has 0 spiro atoms. The first-order valence-corrected chi connectivity index (χ1v) is 12.0. The van der Waals surface area contributed by atoms with E-state index in [-0.39, 0.29) is 49.5 Å². The largest absolute Gasteiger partial charge is 0.482 e. The van der Waals surface area contributed by atoms with Gasteiger partial charge in [-0.3, -0.25) is 9.59 Å². The molecule has 0 saturated carbocycles. The van der Waals surface area contributed by atoms with Crippen molar-refractivity contribution in [2.45, 2.75) is 11.8 Å². The van der Waals surface area contributed by atoms with Crippen LogP contribution >= 0.6 is 0 Å². The van der Waals surface area contributed by atoms with Crippen LogP contribution in [0.3, 0.4) is 0 Å². The maximum Gasteiger partial charge on any atom is 0.260 e. The van der Waals surface area contributed by atoms with Crippen LogP contribution in [0.25, 0.3) is 10.8 Å². The van der Waals surface area contributed by atoms with E-state index >= 15 is 0 Å². The molecule has 1 aliphatic rings. The summed E-state index contributed by atoms with van der Waals surface area (Å²) in [7, 11) is -3.65. The van der Waals surface area contributed by atoms with Gasteiger partial charge in [0, 0.05) is 33.1 Å². The highest BCUT2D eigenvalue weighted by Crippen LogP contribution is 2.25. The standard InChI is InChI=1S/C24H25N3O5S/c1-18(28)25-22-8-4-5-9-23(22)32-17-24(29)26-12-14-27(15-13-26)33(30,31)21-11-10-19-6-2-3-7-20(19)16-21/h2-11,16H,12-15,17H2,1H3,(H,25,28). The number of nitrogens with one attached hydrogen (secondary N) is 1. The van der Waals surface area contributed by atoms with E-state index in [0.717, 1.165) is 10.8 Å². The average molecular weight is 468 g/mol. The molecule has 0 aliphatic carbocycles. The van der Waals surface area contributed by atoms with Crippen LogP contribution in [0.2, 0.25) is 0 Å². The molecular formula is C24H25N3O5S. The number of nitrogens with zero attached hydrogens (tertiary/aromatic N) is 2. The Balaban J connectivity index is 1.36. The van der Waals surface area contributed by atoms with Crippen LogP contribution in [0.5, 0.6) is 5.75 Å². The predicted molar refractivity (Wildman–Crippen MR) is 126 cm³/mol. The number of hydrogen-bond acceptors (Lipinski definition) is 5. The second-order valence-corrected chi connectivity index (χ2v) is 9.70. The summed E-state index contributed by atoms with van der Waals surface area (Å²) in [5, 5.41) is 4.51. The second-order valence-electron chi connectivity index (χ2n) is 7.76. The third-order valence-electron chi connectivity index (χ3n) is 5.50. The molecule has 1 heterocycles. The molecule has 3 aromatic carbocycles. The lowest BCUT2D eigenvalue weighted by Crippen LogP contribution is -2.51. The summed E-state index contributed by atoms with van der Waals surface area (Å²) in [5.41, 5.74) is 0.490. The summed E-state index contributed by atoms with van der Waals surface area (Å²) < 4.78 is 33.2. The Morgan fingerprint density at radius 1 is 0.909 bits per heavy atom. The molecule has 1 aliphatic heterocycles. The van der Waals surface area contributed by atoms with Crippen LogP contribution in [-0.4, -0.2) is 62.2 Å². The molecule has 3 aromatic rings. The molecule has 4 rings (SSSR count). The first kappa shape index (κ1) is 22.8. The van der Waals surface area contributed by atoms with E-state index in [2.05, 4.69) is 5.32 Å². The third-order valence-corrected chi connectivity index (χ3v) is 7.39. The molecule has 1 fully saturated rings. The number of sulfonamides is 1. The first-order valence-electron chi connectivity index (χ1n) is 10.6. The Kier molecular flexibility index (Phi) is 6.62. The fourth-order valence-corrected chi connectivity index (χ4v) is 5.23. The number of ether oxygens (including phenoxy) is 1. The average Bonchev–Trinajstić information content (AvgIpc) is 2.82. The highest BCUT2D eigenvalue weighted by molar-refractivity contribution is 7.89. The minimum Gasteiger partial charge on any atom is -0.482 e. The molecule has 8 nitrogen and oxygen atoms in total. The molecule has 1 saturated heterocycles. The van der Waals surface area contributed by atoms with E-state index in [9.17, 15) is 18.0 Å². The number of rotatable bonds is 6. The van der Waals surface area contributed by atoms with E-state index < -0.39 is 10.0 Å². The fraction of sp³-hybridized carbons (Fsp3) is 0.250. The summed E-state index contributed by atoms with van der Waals surface area (Å²) in [6.45, 7) is 2.18. The minimum atomic E-state index is -3.65. The van der Waals surface area contributed by atoms with Crippen molar-refractivity contribution in [3.8, 4) is 5.75 Å². The molecule has 0 unspecified atom stereocenters. The number of benzene rings is 3. The summed E-state index contributed by atoms with van der Waals surface area (Å²) in [5.74, 6) is -0.0740. The molecule has 33 heavy (non-hydrogen) atoms. The molecule has 0 radical (unpaired) electrons. The number of carbonyl (C=O) groups is 2. The van der Waals surface area contributed by atoms with E-state index in [4.69, 9.17) is 4.74 Å². The van der Waals surface area contributed by atoms with Gasteiger partial charge < -0.3 is 15.0 Å². The van der Waals surface area contributed by atoms with Gasteiger partial charge in [0.25, 0.3) is 5.91 Å². The monoisotopic (exact) mass is 467 g/mol. The van der Waals surface area contributed by atoms with E-state index in [1.54, 1.807) is 47.4 Å². The minimum absolute atomic E-state index is 0.200. The van der Waals surface area contributed by atoms with Gasteiger partial charge >= 0.3 is 0 Å². The van der Waals surface area contributed by atoms with Crippen molar-refractivity contribution in [3.05, 3.63) is 66.7 Å². The normalized spacial score (nSPS) is 14.8. The highest BCUT2D eigenvalue weighted by atomic mass is 32.2. The number of carbonyl (C=O) groups excluding carboxylic acids is 2. The molecule has 1 N–H and O–H groups in total. The zero-order valence-electron chi connectivity index (χ0n) is 18.2. The Bertz CT molecular complexity index is 1280. The molecule has 0 bridgehead atoms. The molecule has 0 aromatic heterocycles. The maximum atomic E-state index is 13.1. The van der Waals surface area contributed by atoms with Gasteiger partial charge in [-0.25, -0.2) is 8.42 Å². The zero-order valence-corrected chi connectivity index (χ0v) is 19.0. The van der Waals surface area contributed by atoms with Crippen molar-refractivity contribution in [2.75, 3.05) is 38.1 Å². The topological polar surface area (TPSA) is 96.0 Å². The van der Waals surface area contributed by atoms with Gasteiger partial charge in [0.2, 0.25) is 15.9 Å². The van der Waals surface area contributed by atoms with Gasteiger partial charge in [-0.05, 0) is 35.0 Å². The number of amides is 2. The fourth-order valence-electron chi connectivity index (χ4n) is 3.77. The van der Waals surface area contributed by atoms with Gasteiger partial charge in [0.15, 0.2) is 6.61 Å². The summed E-state index contributed by atoms with van der Waals surface area (Å²) in [6, 6.07) is 19.6. The van der Waals surface area contributed by atoms with Gasteiger partial charge in [0.1, 0.15) is 5.75 Å². The summed E-state index contributed by atoms with van der Waals surface area (Å²) >= 11 is 0. The van der Waals surface area contributed by atoms with Crippen LogP contribution < -0.4 is 10.1 Å². The Morgan fingerprint density at radius 3 is 2.30 bits per heavy atom. The van der Waals surface area contributed by atoms with Crippen LogP contribution in [0.4, 0.5) is 5.69 Å². The number of piperazine rings is 1. The lowest BCUT2D eigenvalue weighted by atomic mass is 10.1. The lowest BCUT2D eigenvalue weighted by Gasteiger charge is -2.34. The second kappa shape index (κ2) is 9.60. The van der Waals surface area contributed by atoms with E-state index in [1.807, 2.05) is 24.3 Å². The Morgan fingerprint density at radius 2 is 1.58 bits per heavy atom. The summed E-state index contributed by atoms with van der Waals surface area (Å²) in [6.07, 6.45) is 0. The maximum absolute atomic E-state index is 13.1. The van der Waals surface area contributed by atoms with Crippen LogP contribution in [-0.2, 0) is 19.6 Å². The van der Waals surface area contributed by atoms with Crippen molar-refractivity contribution >= 4 is 38.3 Å². The van der Waals surface area contributed by atoms with Gasteiger partial charge in [-0.2, -0.15) is 4.31 Å². The summed E-state index contributed by atoms with van der Waals surface area (Å²) in [4.78, 5) is 25.8. The highest BCUT2D eigenvalue weighted by Gasteiger charge is 2.30. The van der Waals surface area contributed by atoms with Crippen molar-refractivity contribution in [2.24, 2.45) is 0 Å². The number of fused-ring (bicyclic) bond motifs is 1. The Labute approximate surface area is 192 Å². The van der Waals surface area contributed by atoms with E-state index in [1.165, 1.54) is 11.2 Å². The quantitative estimate of drug-likeness (QED) is 0.601. The first-order chi connectivity index (χ1) is 15.8. The smallest absolute Gasteiger partial charge is 0.260 e. The van der Waals surface area contributed by atoms with Gasteiger partial charge in [-0.15, -0.1) is 0 Å². The number of hydrogen-bond donors (Lipinski definition) is 1. The van der Waals surface area contributed by atoms with Gasteiger partial charge in [0.05, 0.1) is 10.6 Å². The predicted octanol–water partition coefficient (Wildman–Crippen LogP) is 2.71. The SMILES string of the molecule is CC(=O)Nc1ccccc1OCC(=O)N1CCN(S(=O)(=O)c2ccc3ccccc3c2)CC1. The molecular weight excluding hydrogens is 442 g/mol. The lowest BCUT2D eigenvalue weighted by molar-refractivity contribution is -0.134. The molecule has 172 valence electrons. The van der Waals surface area contributed by atoms with Gasteiger partial charge in [-0.1, -0.05) is 42.5 Å². The number of anilines is 1. The zero-order chi connectivity index (χ0) is 23.4. The van der Waals surface area contributed by atoms with Crippen LogP contribution in [0.15, 0.2) is 71.6 Å². The van der Waals surface area contributed by atoms with Crippen LogP contribution in [0, 0.1) is 0 Å². The third kappa shape index (κ3) is 5.15. The number of para-hydroxylation sites is 2. The van der Waals surface area contributed by atoms with Crippen molar-refractivity contribution in [1.29, 1.82) is 0 Å². The van der Waals surface area contributed by atoms with E-state index in [0.29, 0.717) is 11.4 Å². The molecule has 0 atom stereocenters. The van der Waals surface area contributed by atoms with Crippen molar-refractivity contribution in [1.82, 2.24) is 9.21 Å². The van der Waals surface area contributed by atoms with Crippen molar-refractivity contribution in [3.63, 3.8) is 0 Å². The Hall–Kier alpha value is -3.43. The van der Waals surface area contributed by atoms with Crippen molar-refractivity contribution < 1.29 is 22.7 Å². The van der Waals surface area contributed by atoms with Crippen LogP contribution in [0.1, 0.15) is 6.92 Å². The molecule has 2 amide bonds. The molecule has 9 heteroatoms.